The molecule has 3 aromatic rings. The smallest absolute Gasteiger partial charge is 0.264 e. The van der Waals surface area contributed by atoms with Gasteiger partial charge in [0.05, 0.1) is 17.7 Å². The molecule has 0 aliphatic carbocycles. The Balaban J connectivity index is 2.04. The van der Waals surface area contributed by atoms with Crippen molar-refractivity contribution < 1.29 is 22.7 Å². The first kappa shape index (κ1) is 31.3. The minimum Gasteiger partial charge on any atom is -0.497 e. The quantitative estimate of drug-likeness (QED) is 0.293. The molecule has 0 aliphatic rings. The molecule has 0 radical (unpaired) electrons. The Kier molecular flexibility index (Phi) is 10.8. The first-order valence-corrected chi connectivity index (χ1v) is 14.9. The molecule has 214 valence electrons. The predicted octanol–water partition coefficient (Wildman–Crippen LogP) is 5.53. The molecule has 0 fully saturated rings. The summed E-state index contributed by atoms with van der Waals surface area (Å²) in [5, 5.41) is 3.32. The van der Waals surface area contributed by atoms with Crippen molar-refractivity contribution in [3.63, 3.8) is 0 Å². The number of carbonyl (C=O) groups excluding carboxylic acids is 2. The van der Waals surface area contributed by atoms with Gasteiger partial charge in [-0.25, -0.2) is 8.42 Å². The second kappa shape index (κ2) is 13.9. The van der Waals surface area contributed by atoms with Crippen LogP contribution in [0.25, 0.3) is 0 Å². The van der Waals surface area contributed by atoms with Gasteiger partial charge in [-0.15, -0.1) is 0 Å². The Morgan fingerprint density at radius 2 is 1.55 bits per heavy atom. The van der Waals surface area contributed by atoms with Crippen LogP contribution < -0.4 is 14.4 Å². The molecular weight excluding hydrogens is 573 g/mol. The van der Waals surface area contributed by atoms with Crippen LogP contribution in [0.5, 0.6) is 5.75 Å². The molecule has 0 bridgehead atoms. The minimum atomic E-state index is -4.22. The topological polar surface area (TPSA) is 96.0 Å². The Bertz CT molecular complexity index is 1400. The number of nitrogens with one attached hydrogen (secondary N) is 1. The van der Waals surface area contributed by atoms with Gasteiger partial charge >= 0.3 is 0 Å². The maximum Gasteiger partial charge on any atom is 0.264 e. The van der Waals surface area contributed by atoms with Gasteiger partial charge in [0.2, 0.25) is 11.8 Å². The third-order valence-electron chi connectivity index (χ3n) is 6.43. The van der Waals surface area contributed by atoms with E-state index in [-0.39, 0.29) is 39.1 Å². The summed E-state index contributed by atoms with van der Waals surface area (Å²) < 4.78 is 33.8. The van der Waals surface area contributed by atoms with E-state index in [1.807, 2.05) is 13.8 Å². The molecule has 0 spiro atoms. The van der Waals surface area contributed by atoms with E-state index in [1.54, 1.807) is 56.5 Å². The highest BCUT2D eigenvalue weighted by Gasteiger charge is 2.33. The highest BCUT2D eigenvalue weighted by molar-refractivity contribution is 7.92. The van der Waals surface area contributed by atoms with Crippen molar-refractivity contribution in [3.05, 3.63) is 88.4 Å². The fourth-order valence-corrected chi connectivity index (χ4v) is 5.84. The van der Waals surface area contributed by atoms with Crippen LogP contribution in [-0.2, 0) is 26.2 Å². The van der Waals surface area contributed by atoms with Crippen LogP contribution >= 0.6 is 23.2 Å². The molecule has 3 rings (SSSR count). The van der Waals surface area contributed by atoms with E-state index >= 15 is 0 Å². The van der Waals surface area contributed by atoms with Gasteiger partial charge in [-0.2, -0.15) is 0 Å². The van der Waals surface area contributed by atoms with E-state index < -0.39 is 28.5 Å². The number of hydrogen-bond acceptors (Lipinski definition) is 5. The highest BCUT2D eigenvalue weighted by atomic mass is 35.5. The lowest BCUT2D eigenvalue weighted by atomic mass is 10.1. The van der Waals surface area contributed by atoms with Gasteiger partial charge < -0.3 is 15.0 Å². The normalized spacial score (nSPS) is 12.8. The second-order valence-electron chi connectivity index (χ2n) is 9.32. The van der Waals surface area contributed by atoms with Gasteiger partial charge in [-0.05, 0) is 68.3 Å². The molecule has 3 aromatic carbocycles. The molecule has 11 heteroatoms. The van der Waals surface area contributed by atoms with Gasteiger partial charge in [-0.3, -0.25) is 13.9 Å². The number of hydrogen-bond donors (Lipinski definition) is 1. The van der Waals surface area contributed by atoms with Gasteiger partial charge in [0.25, 0.3) is 10.0 Å². The van der Waals surface area contributed by atoms with Crippen molar-refractivity contribution in [3.8, 4) is 5.75 Å². The van der Waals surface area contributed by atoms with Crippen LogP contribution in [0.4, 0.5) is 5.69 Å². The standard InChI is InChI=1S/C29H33Cl2N3O5S/c1-5-20(2)32-29(36)21(3)33(18-22-11-13-26(39-4)14-12-22)28(35)19-34(25-16-23(30)15-24(31)17-25)40(37,38)27-9-7-6-8-10-27/h6-17,20-21H,5,18-19H2,1-4H3,(H,32,36)/t20-,21-/m1/s1. The number of nitrogens with zero attached hydrogens (tertiary/aromatic N) is 2. The number of benzene rings is 3. The zero-order valence-corrected chi connectivity index (χ0v) is 25.1. The lowest BCUT2D eigenvalue weighted by Crippen LogP contribution is -2.52. The van der Waals surface area contributed by atoms with Crippen molar-refractivity contribution >= 4 is 50.7 Å². The Morgan fingerprint density at radius 3 is 2.10 bits per heavy atom. The van der Waals surface area contributed by atoms with Gasteiger partial charge in [0.1, 0.15) is 18.3 Å². The summed E-state index contributed by atoms with van der Waals surface area (Å²) in [5.41, 5.74) is 0.858. The van der Waals surface area contributed by atoms with Crippen LogP contribution in [0.2, 0.25) is 10.0 Å². The minimum absolute atomic E-state index is 0.0110. The molecule has 0 heterocycles. The molecule has 0 unspecified atom stereocenters. The largest absolute Gasteiger partial charge is 0.497 e. The van der Waals surface area contributed by atoms with Gasteiger partial charge in [0.15, 0.2) is 0 Å². The van der Waals surface area contributed by atoms with Crippen LogP contribution in [-0.4, -0.2) is 50.9 Å². The second-order valence-corrected chi connectivity index (χ2v) is 12.1. The molecule has 0 saturated carbocycles. The molecule has 2 atom stereocenters. The van der Waals surface area contributed by atoms with E-state index in [9.17, 15) is 18.0 Å². The lowest BCUT2D eigenvalue weighted by molar-refractivity contribution is -0.139. The van der Waals surface area contributed by atoms with Crippen LogP contribution in [0.3, 0.4) is 0 Å². The van der Waals surface area contributed by atoms with Gasteiger partial charge in [-0.1, -0.05) is 60.5 Å². The zero-order chi connectivity index (χ0) is 29.4. The Labute approximate surface area is 245 Å². The average molecular weight is 607 g/mol. The van der Waals surface area contributed by atoms with Crippen LogP contribution in [0, 0.1) is 0 Å². The monoisotopic (exact) mass is 605 g/mol. The number of sulfonamides is 1. The van der Waals surface area contributed by atoms with Crippen molar-refractivity contribution in [2.75, 3.05) is 18.0 Å². The van der Waals surface area contributed by atoms with E-state index in [1.165, 1.54) is 35.2 Å². The highest BCUT2D eigenvalue weighted by Crippen LogP contribution is 2.30. The summed E-state index contributed by atoms with van der Waals surface area (Å²) in [6.45, 7) is 4.90. The molecular formula is C29H33Cl2N3O5S. The first-order chi connectivity index (χ1) is 19.0. The van der Waals surface area contributed by atoms with Crippen LogP contribution in [0.15, 0.2) is 77.7 Å². The number of amides is 2. The predicted molar refractivity (Wildman–Crippen MR) is 158 cm³/mol. The molecule has 0 saturated heterocycles. The average Bonchev–Trinajstić information content (AvgIpc) is 2.94. The fourth-order valence-electron chi connectivity index (χ4n) is 3.91. The lowest BCUT2D eigenvalue weighted by Gasteiger charge is -2.32. The van der Waals surface area contributed by atoms with E-state index in [0.717, 1.165) is 9.87 Å². The number of methoxy groups -OCH3 is 1. The summed E-state index contributed by atoms with van der Waals surface area (Å²) in [5.74, 6) is -0.292. The van der Waals surface area contributed by atoms with Crippen molar-refractivity contribution in [2.24, 2.45) is 0 Å². The summed E-state index contributed by atoms with van der Waals surface area (Å²) in [6, 6.07) is 18.2. The van der Waals surface area contributed by atoms with Crippen molar-refractivity contribution in [1.29, 1.82) is 0 Å². The summed E-state index contributed by atoms with van der Waals surface area (Å²) in [7, 11) is -2.66. The molecule has 2 amide bonds. The number of carbonyl (C=O) groups is 2. The SMILES string of the molecule is CC[C@@H](C)NC(=O)[C@@H](C)N(Cc1ccc(OC)cc1)C(=O)CN(c1cc(Cl)cc(Cl)c1)S(=O)(=O)c1ccccc1. The van der Waals surface area contributed by atoms with Crippen LogP contribution in [0.1, 0.15) is 32.8 Å². The van der Waals surface area contributed by atoms with E-state index in [0.29, 0.717) is 12.2 Å². The van der Waals surface area contributed by atoms with E-state index in [2.05, 4.69) is 5.32 Å². The van der Waals surface area contributed by atoms with Gasteiger partial charge in [0, 0.05) is 22.6 Å². The molecule has 0 aliphatic heterocycles. The molecule has 8 nitrogen and oxygen atoms in total. The third kappa shape index (κ3) is 7.90. The summed E-state index contributed by atoms with van der Waals surface area (Å²) >= 11 is 12.4. The number of rotatable bonds is 12. The Hall–Kier alpha value is -3.27. The first-order valence-electron chi connectivity index (χ1n) is 12.7. The van der Waals surface area contributed by atoms with Crippen molar-refractivity contribution in [2.45, 2.75) is 50.7 Å². The maximum absolute atomic E-state index is 14.0. The summed E-state index contributed by atoms with van der Waals surface area (Å²) in [6.07, 6.45) is 0.712. The Morgan fingerprint density at radius 1 is 0.950 bits per heavy atom. The molecule has 1 N–H and O–H groups in total. The zero-order valence-electron chi connectivity index (χ0n) is 22.8. The third-order valence-corrected chi connectivity index (χ3v) is 8.65. The van der Waals surface area contributed by atoms with Crippen molar-refractivity contribution in [1.82, 2.24) is 10.2 Å². The fraction of sp³-hybridized carbons (Fsp3) is 0.310. The number of ether oxygens (including phenoxy) is 1. The maximum atomic E-state index is 14.0. The number of halogens is 2. The molecule has 40 heavy (non-hydrogen) atoms. The molecule has 0 aromatic heterocycles. The summed E-state index contributed by atoms with van der Waals surface area (Å²) in [4.78, 5) is 28.4. The van der Waals surface area contributed by atoms with E-state index in [4.69, 9.17) is 27.9 Å². The number of anilines is 1.